The van der Waals surface area contributed by atoms with Gasteiger partial charge in [-0.15, -0.1) is 0 Å². The first-order valence-corrected chi connectivity index (χ1v) is 8.54. The van der Waals surface area contributed by atoms with E-state index in [1.165, 1.54) is 25.7 Å². The number of ether oxygens (including phenoxy) is 1. The molecule has 7 atom stereocenters. The van der Waals surface area contributed by atoms with Crippen LogP contribution in [0.2, 0.25) is 0 Å². The normalized spacial score (nSPS) is 51.9. The molecule has 20 heavy (non-hydrogen) atoms. The van der Waals surface area contributed by atoms with E-state index in [4.69, 9.17) is 4.74 Å². The second-order valence-corrected chi connectivity index (χ2v) is 7.75. The minimum atomic E-state index is -0.106. The molecule has 0 aromatic heterocycles. The molecule has 0 spiro atoms. The lowest BCUT2D eigenvalue weighted by Gasteiger charge is -2.38. The highest BCUT2D eigenvalue weighted by atomic mass is 16.6. The lowest BCUT2D eigenvalue weighted by molar-refractivity contribution is -0.174. The van der Waals surface area contributed by atoms with Crippen LogP contribution in [0.4, 0.5) is 0 Å². The first-order valence-electron chi connectivity index (χ1n) is 8.54. The fourth-order valence-corrected chi connectivity index (χ4v) is 5.75. The van der Waals surface area contributed by atoms with Gasteiger partial charge >= 0.3 is 5.97 Å². The largest absolute Gasteiger partial charge is 0.459 e. The van der Waals surface area contributed by atoms with E-state index in [0.717, 1.165) is 18.8 Å². The molecule has 4 aliphatic rings. The Morgan fingerprint density at radius 2 is 2.05 bits per heavy atom. The molecule has 2 nitrogen and oxygen atoms in total. The van der Waals surface area contributed by atoms with Crippen molar-refractivity contribution in [2.24, 2.45) is 35.5 Å². The van der Waals surface area contributed by atoms with Gasteiger partial charge in [-0.1, -0.05) is 26.0 Å². The first-order chi connectivity index (χ1) is 9.63. The summed E-state index contributed by atoms with van der Waals surface area (Å²) in [5.41, 5.74) is -0.106. The zero-order chi connectivity index (χ0) is 13.9. The SMILES string of the molecule is CCC1(OC(=O)C2C3C=CC(C3)C2C)CC2CCC1C2. The molecule has 2 heteroatoms. The van der Waals surface area contributed by atoms with Crippen molar-refractivity contribution in [1.82, 2.24) is 0 Å². The third-order valence-corrected chi connectivity index (χ3v) is 6.95. The number of carbonyl (C=O) groups is 1. The Labute approximate surface area is 122 Å². The molecule has 0 amide bonds. The van der Waals surface area contributed by atoms with Gasteiger partial charge in [-0.2, -0.15) is 0 Å². The van der Waals surface area contributed by atoms with Crippen LogP contribution in [-0.4, -0.2) is 11.6 Å². The molecule has 0 N–H and O–H groups in total. The van der Waals surface area contributed by atoms with E-state index in [1.807, 2.05) is 0 Å². The lowest BCUT2D eigenvalue weighted by Crippen LogP contribution is -2.43. The Morgan fingerprint density at radius 3 is 2.60 bits per heavy atom. The van der Waals surface area contributed by atoms with Gasteiger partial charge < -0.3 is 4.74 Å². The van der Waals surface area contributed by atoms with Gasteiger partial charge in [0.05, 0.1) is 5.92 Å². The molecule has 4 bridgehead atoms. The maximum absolute atomic E-state index is 12.8. The minimum Gasteiger partial charge on any atom is -0.459 e. The van der Waals surface area contributed by atoms with Crippen molar-refractivity contribution in [2.45, 2.75) is 58.0 Å². The van der Waals surface area contributed by atoms with Crippen LogP contribution in [0.3, 0.4) is 0 Å². The molecule has 4 rings (SSSR count). The number of allylic oxidation sites excluding steroid dienone is 2. The highest BCUT2D eigenvalue weighted by molar-refractivity contribution is 5.75. The second-order valence-electron chi connectivity index (χ2n) is 7.75. The van der Waals surface area contributed by atoms with Crippen LogP contribution in [0.5, 0.6) is 0 Å². The molecule has 0 aliphatic heterocycles. The molecule has 0 heterocycles. The smallest absolute Gasteiger partial charge is 0.310 e. The highest BCUT2D eigenvalue weighted by Gasteiger charge is 2.55. The number of esters is 1. The van der Waals surface area contributed by atoms with Gasteiger partial charge in [0, 0.05) is 0 Å². The standard InChI is InChI=1S/C18H26O2/c1-3-18(10-12-4-7-15(18)8-12)20-17(19)16-11(2)13-5-6-14(16)9-13/h5-6,11-16H,3-4,7-10H2,1-2H3. The predicted octanol–water partition coefficient (Wildman–Crippen LogP) is 3.96. The van der Waals surface area contributed by atoms with Gasteiger partial charge in [0.1, 0.15) is 5.60 Å². The maximum Gasteiger partial charge on any atom is 0.310 e. The Balaban J connectivity index is 1.51. The number of fused-ring (bicyclic) bond motifs is 4. The number of hydrogen-bond acceptors (Lipinski definition) is 2. The summed E-state index contributed by atoms with van der Waals surface area (Å²) in [6.45, 7) is 4.44. The average molecular weight is 274 g/mol. The molecule has 0 aromatic carbocycles. The van der Waals surface area contributed by atoms with Gasteiger partial charge in [-0.25, -0.2) is 0 Å². The van der Waals surface area contributed by atoms with Gasteiger partial charge in [0.2, 0.25) is 0 Å². The summed E-state index contributed by atoms with van der Waals surface area (Å²) in [6, 6.07) is 0. The van der Waals surface area contributed by atoms with Gasteiger partial charge in [0.15, 0.2) is 0 Å². The molecular weight excluding hydrogens is 248 g/mol. The molecule has 0 radical (unpaired) electrons. The zero-order valence-electron chi connectivity index (χ0n) is 12.7. The monoisotopic (exact) mass is 274 g/mol. The van der Waals surface area contributed by atoms with Crippen molar-refractivity contribution in [1.29, 1.82) is 0 Å². The van der Waals surface area contributed by atoms with Crippen molar-refractivity contribution >= 4 is 5.97 Å². The third-order valence-electron chi connectivity index (χ3n) is 6.95. The number of hydrogen-bond donors (Lipinski definition) is 0. The van der Waals surface area contributed by atoms with Crippen LogP contribution in [0.1, 0.15) is 52.4 Å². The molecule has 4 aliphatic carbocycles. The lowest BCUT2D eigenvalue weighted by atomic mass is 9.80. The van der Waals surface area contributed by atoms with E-state index < -0.39 is 0 Å². The summed E-state index contributed by atoms with van der Waals surface area (Å²) in [5.74, 6) is 3.27. The van der Waals surface area contributed by atoms with E-state index >= 15 is 0 Å². The Kier molecular flexibility index (Phi) is 2.81. The molecule has 3 saturated carbocycles. The number of carbonyl (C=O) groups excluding carboxylic acids is 1. The minimum absolute atomic E-state index is 0.106. The Morgan fingerprint density at radius 1 is 1.25 bits per heavy atom. The van der Waals surface area contributed by atoms with Crippen LogP contribution < -0.4 is 0 Å². The molecule has 110 valence electrons. The Bertz CT molecular complexity index is 454. The average Bonchev–Trinajstić information content (AvgIpc) is 3.17. The van der Waals surface area contributed by atoms with Gasteiger partial charge in [-0.3, -0.25) is 4.79 Å². The van der Waals surface area contributed by atoms with Crippen LogP contribution in [0, 0.1) is 35.5 Å². The van der Waals surface area contributed by atoms with E-state index in [1.54, 1.807) is 0 Å². The quantitative estimate of drug-likeness (QED) is 0.575. The summed E-state index contributed by atoms with van der Waals surface area (Å²) < 4.78 is 6.22. The fraction of sp³-hybridized carbons (Fsp3) is 0.833. The summed E-state index contributed by atoms with van der Waals surface area (Å²) in [6.07, 6.45) is 11.8. The first kappa shape index (κ1) is 12.9. The van der Waals surface area contributed by atoms with E-state index in [9.17, 15) is 4.79 Å². The van der Waals surface area contributed by atoms with Gasteiger partial charge in [0.25, 0.3) is 0 Å². The van der Waals surface area contributed by atoms with Crippen molar-refractivity contribution in [3.63, 3.8) is 0 Å². The van der Waals surface area contributed by atoms with Crippen molar-refractivity contribution in [3.8, 4) is 0 Å². The molecule has 0 aromatic rings. The predicted molar refractivity (Wildman–Crippen MR) is 78.0 cm³/mol. The molecular formula is C18H26O2. The van der Waals surface area contributed by atoms with Crippen LogP contribution in [0.15, 0.2) is 12.2 Å². The van der Waals surface area contributed by atoms with Crippen molar-refractivity contribution < 1.29 is 9.53 Å². The third kappa shape index (κ3) is 1.66. The molecule has 0 saturated heterocycles. The maximum atomic E-state index is 12.8. The van der Waals surface area contributed by atoms with E-state index in [2.05, 4.69) is 26.0 Å². The van der Waals surface area contributed by atoms with E-state index in [0.29, 0.717) is 23.7 Å². The van der Waals surface area contributed by atoms with Crippen LogP contribution in [0.25, 0.3) is 0 Å². The Hall–Kier alpha value is -0.790. The highest BCUT2D eigenvalue weighted by Crippen LogP contribution is 2.55. The van der Waals surface area contributed by atoms with Crippen LogP contribution in [-0.2, 0) is 9.53 Å². The van der Waals surface area contributed by atoms with Crippen molar-refractivity contribution in [3.05, 3.63) is 12.2 Å². The summed E-state index contributed by atoms with van der Waals surface area (Å²) in [5, 5.41) is 0. The van der Waals surface area contributed by atoms with E-state index in [-0.39, 0.29) is 17.5 Å². The number of rotatable bonds is 3. The second kappa shape index (κ2) is 4.35. The molecule has 7 unspecified atom stereocenters. The van der Waals surface area contributed by atoms with Crippen LogP contribution >= 0.6 is 0 Å². The zero-order valence-corrected chi connectivity index (χ0v) is 12.7. The summed E-state index contributed by atoms with van der Waals surface area (Å²) >= 11 is 0. The summed E-state index contributed by atoms with van der Waals surface area (Å²) in [4.78, 5) is 12.8. The van der Waals surface area contributed by atoms with Crippen molar-refractivity contribution in [2.75, 3.05) is 0 Å². The topological polar surface area (TPSA) is 26.3 Å². The summed E-state index contributed by atoms with van der Waals surface area (Å²) in [7, 11) is 0. The fourth-order valence-electron chi connectivity index (χ4n) is 5.75. The molecule has 3 fully saturated rings. The van der Waals surface area contributed by atoms with Gasteiger partial charge in [-0.05, 0) is 68.1 Å².